The Morgan fingerprint density at radius 2 is 2.22 bits per heavy atom. The highest BCUT2D eigenvalue weighted by molar-refractivity contribution is 7.07. The predicted molar refractivity (Wildman–Crippen MR) is 96.9 cm³/mol. The second-order valence-electron chi connectivity index (χ2n) is 5.18. The van der Waals surface area contributed by atoms with E-state index in [1.807, 2.05) is 47.3 Å². The fraction of sp³-hybridized carbons (Fsp3) is 0.222. The Kier molecular flexibility index (Phi) is 4.57. The van der Waals surface area contributed by atoms with Gasteiger partial charge in [0.05, 0.1) is 6.54 Å². The van der Waals surface area contributed by atoms with Crippen molar-refractivity contribution in [3.05, 3.63) is 53.2 Å². The van der Waals surface area contributed by atoms with E-state index in [1.165, 1.54) is 0 Å². The van der Waals surface area contributed by atoms with Crippen molar-refractivity contribution in [3.8, 4) is 11.5 Å². The number of nitrogens with zero attached hydrogens (tertiary/aromatic N) is 3. The number of furan rings is 1. The summed E-state index contributed by atoms with van der Waals surface area (Å²) in [5.74, 6) is 0.801. The molecule has 0 unspecified atom stereocenters. The molecule has 0 saturated heterocycles. The Balaban J connectivity index is 2.18. The fourth-order valence-corrected chi connectivity index (χ4v) is 2.99. The first-order chi connectivity index (χ1) is 11.2. The maximum Gasteiger partial charge on any atom is 0.206 e. The van der Waals surface area contributed by atoms with Crippen molar-refractivity contribution in [2.45, 2.75) is 20.3 Å². The molecular formula is C18H19N3OS. The third-order valence-corrected chi connectivity index (χ3v) is 4.36. The molecule has 0 radical (unpaired) electrons. The van der Waals surface area contributed by atoms with Crippen molar-refractivity contribution in [2.75, 3.05) is 6.54 Å². The van der Waals surface area contributed by atoms with E-state index in [-0.39, 0.29) is 0 Å². The number of fused-ring (bicyclic) bond motifs is 1. The van der Waals surface area contributed by atoms with Gasteiger partial charge in [-0.05, 0) is 25.5 Å². The average molecular weight is 325 g/mol. The van der Waals surface area contributed by atoms with Crippen LogP contribution >= 0.6 is 11.3 Å². The molecule has 3 aromatic rings. The molecule has 2 aromatic heterocycles. The summed E-state index contributed by atoms with van der Waals surface area (Å²) in [5.41, 5.74) is 2.84. The van der Waals surface area contributed by atoms with Crippen molar-refractivity contribution in [1.29, 1.82) is 0 Å². The Hall–Kier alpha value is -2.40. The number of hydrogen-bond acceptors (Lipinski definition) is 4. The molecule has 0 atom stereocenters. The fourth-order valence-electron chi connectivity index (χ4n) is 2.17. The van der Waals surface area contributed by atoms with Gasteiger partial charge in [0.2, 0.25) is 4.80 Å². The average Bonchev–Trinajstić information content (AvgIpc) is 3.16. The summed E-state index contributed by atoms with van der Waals surface area (Å²) in [5, 5.41) is 7.81. The molecule has 0 saturated carbocycles. The monoisotopic (exact) mass is 325 g/mol. The summed E-state index contributed by atoms with van der Waals surface area (Å²) in [4.78, 5) is 5.37. The van der Waals surface area contributed by atoms with Gasteiger partial charge in [-0.3, -0.25) is 4.99 Å². The lowest BCUT2D eigenvalue weighted by Crippen LogP contribution is -2.13. The first kappa shape index (κ1) is 15.5. The highest BCUT2D eigenvalue weighted by Gasteiger charge is 2.12. The van der Waals surface area contributed by atoms with Crippen LogP contribution in [0.15, 0.2) is 62.9 Å². The summed E-state index contributed by atoms with van der Waals surface area (Å²) in [6, 6.07) is 10.0. The Morgan fingerprint density at radius 1 is 1.39 bits per heavy atom. The molecule has 5 heteroatoms. The topological polar surface area (TPSA) is 42.8 Å². The third-order valence-electron chi connectivity index (χ3n) is 3.50. The van der Waals surface area contributed by atoms with Crippen LogP contribution in [-0.2, 0) is 0 Å². The Bertz CT molecular complexity index is 894. The maximum absolute atomic E-state index is 5.98. The third kappa shape index (κ3) is 3.19. The zero-order valence-electron chi connectivity index (χ0n) is 13.3. The summed E-state index contributed by atoms with van der Waals surface area (Å²) in [6.45, 7) is 8.40. The Labute approximate surface area is 139 Å². The van der Waals surface area contributed by atoms with Crippen LogP contribution in [0.1, 0.15) is 20.3 Å². The zero-order valence-corrected chi connectivity index (χ0v) is 14.1. The molecule has 23 heavy (non-hydrogen) atoms. The molecule has 0 spiro atoms. The second kappa shape index (κ2) is 6.79. The Morgan fingerprint density at radius 3 is 2.96 bits per heavy atom. The molecule has 0 aliphatic carbocycles. The molecule has 118 valence electrons. The van der Waals surface area contributed by atoms with Gasteiger partial charge in [0.25, 0.3) is 0 Å². The van der Waals surface area contributed by atoms with Crippen LogP contribution in [0.4, 0.5) is 0 Å². The SMILES string of the molecule is C=CCN=c1scc(-c2cc3ccccc3o2)n1N=C(C)CC. The van der Waals surface area contributed by atoms with Gasteiger partial charge in [0, 0.05) is 16.5 Å². The molecule has 1 aromatic carbocycles. The number of para-hydroxylation sites is 1. The van der Waals surface area contributed by atoms with Gasteiger partial charge in [-0.1, -0.05) is 31.2 Å². The highest BCUT2D eigenvalue weighted by Crippen LogP contribution is 2.28. The van der Waals surface area contributed by atoms with Gasteiger partial charge in [0.1, 0.15) is 11.3 Å². The minimum absolute atomic E-state index is 0.570. The first-order valence-electron chi connectivity index (χ1n) is 7.58. The number of aromatic nitrogens is 1. The zero-order chi connectivity index (χ0) is 16.2. The van der Waals surface area contributed by atoms with Crippen molar-refractivity contribution in [1.82, 2.24) is 4.68 Å². The minimum Gasteiger partial charge on any atom is -0.454 e. The van der Waals surface area contributed by atoms with Crippen LogP contribution in [0, 0.1) is 0 Å². The maximum atomic E-state index is 5.98. The van der Waals surface area contributed by atoms with Gasteiger partial charge in [-0.2, -0.15) is 5.10 Å². The van der Waals surface area contributed by atoms with Crippen molar-refractivity contribution in [2.24, 2.45) is 10.1 Å². The van der Waals surface area contributed by atoms with E-state index in [0.29, 0.717) is 6.54 Å². The van der Waals surface area contributed by atoms with Crippen LogP contribution in [0.3, 0.4) is 0 Å². The number of rotatable bonds is 5. The van der Waals surface area contributed by atoms with Crippen molar-refractivity contribution < 1.29 is 4.42 Å². The van der Waals surface area contributed by atoms with Gasteiger partial charge in [-0.15, -0.1) is 17.9 Å². The highest BCUT2D eigenvalue weighted by atomic mass is 32.1. The first-order valence-corrected chi connectivity index (χ1v) is 8.46. The van der Waals surface area contributed by atoms with Crippen LogP contribution in [0.2, 0.25) is 0 Å². The van der Waals surface area contributed by atoms with E-state index in [4.69, 9.17) is 9.52 Å². The lowest BCUT2D eigenvalue weighted by atomic mass is 10.2. The van der Waals surface area contributed by atoms with Gasteiger partial charge in [0.15, 0.2) is 5.76 Å². The summed E-state index contributed by atoms with van der Waals surface area (Å²) in [7, 11) is 0. The van der Waals surface area contributed by atoms with E-state index in [0.717, 1.165) is 39.4 Å². The van der Waals surface area contributed by atoms with Crippen LogP contribution in [0.5, 0.6) is 0 Å². The summed E-state index contributed by atoms with van der Waals surface area (Å²) < 4.78 is 7.85. The van der Waals surface area contributed by atoms with Crippen molar-refractivity contribution in [3.63, 3.8) is 0 Å². The van der Waals surface area contributed by atoms with Crippen LogP contribution < -0.4 is 4.80 Å². The van der Waals surface area contributed by atoms with E-state index in [9.17, 15) is 0 Å². The van der Waals surface area contributed by atoms with E-state index < -0.39 is 0 Å². The molecule has 0 aliphatic heterocycles. The summed E-state index contributed by atoms with van der Waals surface area (Å²) in [6.07, 6.45) is 2.67. The second-order valence-corrected chi connectivity index (χ2v) is 6.02. The standard InChI is InChI=1S/C18H19N3OS/c1-4-10-19-18-21(20-13(3)5-2)15(12-23-18)17-11-14-8-6-7-9-16(14)22-17/h4,6-9,11-12H,1,5,10H2,2-3H3. The quantitative estimate of drug-likeness (QED) is 0.496. The van der Waals surface area contributed by atoms with E-state index >= 15 is 0 Å². The van der Waals surface area contributed by atoms with Gasteiger partial charge in [-0.25, -0.2) is 4.68 Å². The molecule has 0 N–H and O–H groups in total. The molecule has 2 heterocycles. The predicted octanol–water partition coefficient (Wildman–Crippen LogP) is 4.68. The molecule has 0 aliphatic rings. The lowest BCUT2D eigenvalue weighted by Gasteiger charge is -2.02. The molecule has 0 fully saturated rings. The summed E-state index contributed by atoms with van der Waals surface area (Å²) >= 11 is 1.55. The van der Waals surface area contributed by atoms with Gasteiger partial charge < -0.3 is 4.42 Å². The number of thiazole rings is 1. The van der Waals surface area contributed by atoms with Crippen LogP contribution in [-0.4, -0.2) is 16.9 Å². The number of benzene rings is 1. The molecule has 0 amide bonds. The van der Waals surface area contributed by atoms with E-state index in [2.05, 4.69) is 18.5 Å². The lowest BCUT2D eigenvalue weighted by molar-refractivity contribution is 0.621. The number of hydrogen-bond donors (Lipinski definition) is 0. The minimum atomic E-state index is 0.570. The molecule has 4 nitrogen and oxygen atoms in total. The molecular weight excluding hydrogens is 306 g/mol. The van der Waals surface area contributed by atoms with Crippen molar-refractivity contribution >= 4 is 28.0 Å². The molecule has 0 bridgehead atoms. The normalized spacial score (nSPS) is 13.0. The van der Waals surface area contributed by atoms with Crippen LogP contribution in [0.25, 0.3) is 22.4 Å². The van der Waals surface area contributed by atoms with Gasteiger partial charge >= 0.3 is 0 Å². The smallest absolute Gasteiger partial charge is 0.206 e. The van der Waals surface area contributed by atoms with E-state index in [1.54, 1.807) is 17.4 Å². The largest absolute Gasteiger partial charge is 0.454 e. The molecule has 3 rings (SSSR count).